The predicted molar refractivity (Wildman–Crippen MR) is 73.0 cm³/mol. The van der Waals surface area contributed by atoms with E-state index < -0.39 is 0 Å². The van der Waals surface area contributed by atoms with Gasteiger partial charge in [0.1, 0.15) is 11.9 Å². The topological polar surface area (TPSA) is 70.2 Å². The number of nitrogens with zero attached hydrogens (tertiary/aromatic N) is 2. The maximum atomic E-state index is 11.7. The molecule has 0 spiro atoms. The summed E-state index contributed by atoms with van der Waals surface area (Å²) in [6, 6.07) is 1.99. The first-order valence-corrected chi connectivity index (χ1v) is 6.70. The van der Waals surface area contributed by atoms with E-state index in [1.807, 2.05) is 7.05 Å². The highest BCUT2D eigenvalue weighted by Crippen LogP contribution is 2.19. The van der Waals surface area contributed by atoms with Gasteiger partial charge in [-0.05, 0) is 20.9 Å². The van der Waals surface area contributed by atoms with Crippen molar-refractivity contribution in [3.63, 3.8) is 0 Å². The molecule has 106 valence electrons. The lowest BCUT2D eigenvalue weighted by Crippen LogP contribution is -2.43. The summed E-state index contributed by atoms with van der Waals surface area (Å²) in [7, 11) is 1.83. The molecule has 0 aromatic carbocycles. The Morgan fingerprint density at radius 1 is 1.63 bits per heavy atom. The largest absolute Gasteiger partial charge is 0.368 e. The summed E-state index contributed by atoms with van der Waals surface area (Å²) in [5, 5.41) is 3.00. The molecule has 1 aromatic heterocycles. The molecule has 2 heterocycles. The van der Waals surface area contributed by atoms with Gasteiger partial charge in [-0.2, -0.15) is 0 Å². The van der Waals surface area contributed by atoms with E-state index >= 15 is 0 Å². The maximum absolute atomic E-state index is 11.7. The third kappa shape index (κ3) is 3.62. The first kappa shape index (κ1) is 14.2. The number of morpholine rings is 1. The van der Waals surface area contributed by atoms with E-state index in [2.05, 4.69) is 34.0 Å². The molecule has 1 fully saturated rings. The minimum atomic E-state index is -0.152. The molecule has 1 atom stereocenters. The molecule has 19 heavy (non-hydrogen) atoms. The summed E-state index contributed by atoms with van der Waals surface area (Å²) in [5.74, 6) is 0.628. The van der Waals surface area contributed by atoms with Gasteiger partial charge in [0.05, 0.1) is 12.3 Å². The van der Waals surface area contributed by atoms with Gasteiger partial charge in [0.2, 0.25) is 0 Å². The van der Waals surface area contributed by atoms with Crippen LogP contribution in [0.3, 0.4) is 0 Å². The number of nitrogens with one attached hydrogen (secondary N) is 2. The Morgan fingerprint density at radius 2 is 2.42 bits per heavy atom. The molecule has 1 aliphatic heterocycles. The maximum Gasteiger partial charge on any atom is 0.251 e. The number of H-pyrrole nitrogens is 1. The molecule has 6 heteroatoms. The molecular weight excluding hydrogens is 244 g/mol. The average Bonchev–Trinajstić information content (AvgIpc) is 2.38. The minimum Gasteiger partial charge on any atom is -0.368 e. The third-order valence-corrected chi connectivity index (χ3v) is 3.30. The van der Waals surface area contributed by atoms with Crippen LogP contribution in [-0.4, -0.2) is 47.7 Å². The summed E-state index contributed by atoms with van der Waals surface area (Å²) in [5.41, 5.74) is 0.618. The summed E-state index contributed by atoms with van der Waals surface area (Å²) >= 11 is 0. The molecule has 2 N–H and O–H groups in total. The van der Waals surface area contributed by atoms with E-state index in [4.69, 9.17) is 4.74 Å². The van der Waals surface area contributed by atoms with E-state index in [-0.39, 0.29) is 11.7 Å². The molecule has 0 saturated carbocycles. The Morgan fingerprint density at radius 3 is 3.11 bits per heavy atom. The van der Waals surface area contributed by atoms with Crippen molar-refractivity contribution in [3.8, 4) is 0 Å². The Balaban J connectivity index is 2.18. The molecule has 1 saturated heterocycles. The first-order chi connectivity index (χ1) is 9.10. The van der Waals surface area contributed by atoms with Crippen molar-refractivity contribution in [2.75, 3.05) is 26.7 Å². The summed E-state index contributed by atoms with van der Waals surface area (Å²) < 4.78 is 5.74. The van der Waals surface area contributed by atoms with Gasteiger partial charge in [0.25, 0.3) is 5.56 Å². The fraction of sp³-hybridized carbons (Fsp3) is 0.692. The second-order valence-electron chi connectivity index (χ2n) is 5.10. The molecule has 0 amide bonds. The molecular formula is C13H22N4O2. The SMILES string of the molecule is CNCc1cc(=O)[nH]c(C2CN(C(C)C)CCO2)n1. The number of aromatic amines is 1. The molecule has 1 unspecified atom stereocenters. The van der Waals surface area contributed by atoms with Crippen LogP contribution in [0.25, 0.3) is 0 Å². The molecule has 0 aliphatic carbocycles. The summed E-state index contributed by atoms with van der Waals surface area (Å²) in [6.45, 7) is 7.27. The van der Waals surface area contributed by atoms with Gasteiger partial charge in [-0.25, -0.2) is 4.98 Å². The summed E-state index contributed by atoms with van der Waals surface area (Å²) in [6.07, 6.45) is -0.152. The van der Waals surface area contributed by atoms with Gasteiger partial charge in [0.15, 0.2) is 0 Å². The fourth-order valence-electron chi connectivity index (χ4n) is 2.26. The zero-order valence-electron chi connectivity index (χ0n) is 11.8. The lowest BCUT2D eigenvalue weighted by atomic mass is 10.2. The molecule has 0 bridgehead atoms. The third-order valence-electron chi connectivity index (χ3n) is 3.30. The van der Waals surface area contributed by atoms with Crippen molar-refractivity contribution in [3.05, 3.63) is 27.9 Å². The van der Waals surface area contributed by atoms with Crippen LogP contribution < -0.4 is 10.9 Å². The van der Waals surface area contributed by atoms with Crippen LogP contribution in [0.2, 0.25) is 0 Å². The van der Waals surface area contributed by atoms with E-state index in [0.29, 0.717) is 25.0 Å². The molecule has 1 aromatic rings. The number of hydrogen-bond donors (Lipinski definition) is 2. The van der Waals surface area contributed by atoms with Gasteiger partial charge in [-0.15, -0.1) is 0 Å². The molecule has 0 radical (unpaired) electrons. The van der Waals surface area contributed by atoms with Crippen LogP contribution in [0.15, 0.2) is 10.9 Å². The van der Waals surface area contributed by atoms with Crippen LogP contribution >= 0.6 is 0 Å². The van der Waals surface area contributed by atoms with Gasteiger partial charge >= 0.3 is 0 Å². The van der Waals surface area contributed by atoms with E-state index in [9.17, 15) is 4.79 Å². The Kier molecular flexibility index (Phi) is 4.68. The summed E-state index contributed by atoms with van der Waals surface area (Å²) in [4.78, 5) is 21.2. The van der Waals surface area contributed by atoms with Gasteiger partial charge in [-0.3, -0.25) is 9.69 Å². The lowest BCUT2D eigenvalue weighted by molar-refractivity contribution is -0.0444. The zero-order chi connectivity index (χ0) is 13.8. The molecule has 1 aliphatic rings. The second-order valence-corrected chi connectivity index (χ2v) is 5.10. The van der Waals surface area contributed by atoms with Crippen molar-refractivity contribution in [1.82, 2.24) is 20.2 Å². The standard InChI is InChI=1S/C13H22N4O2/c1-9(2)17-4-5-19-11(8-17)13-15-10(7-14-3)6-12(18)16-13/h6,9,11,14H,4-5,7-8H2,1-3H3,(H,15,16,18). The van der Waals surface area contributed by atoms with Crippen LogP contribution in [0.4, 0.5) is 0 Å². The number of rotatable bonds is 4. The van der Waals surface area contributed by atoms with Crippen LogP contribution in [0.1, 0.15) is 31.5 Å². The highest BCUT2D eigenvalue weighted by molar-refractivity contribution is 5.05. The predicted octanol–water partition coefficient (Wildman–Crippen LogP) is 0.271. The van der Waals surface area contributed by atoms with Crippen molar-refractivity contribution in [2.24, 2.45) is 0 Å². The quantitative estimate of drug-likeness (QED) is 0.818. The lowest BCUT2D eigenvalue weighted by Gasteiger charge is -2.34. The van der Waals surface area contributed by atoms with Gasteiger partial charge < -0.3 is 15.0 Å². The number of ether oxygens (including phenoxy) is 1. The number of aromatic nitrogens is 2. The van der Waals surface area contributed by atoms with Crippen LogP contribution in [-0.2, 0) is 11.3 Å². The first-order valence-electron chi connectivity index (χ1n) is 6.70. The smallest absolute Gasteiger partial charge is 0.251 e. The fourth-order valence-corrected chi connectivity index (χ4v) is 2.26. The average molecular weight is 266 g/mol. The Labute approximate surface area is 113 Å². The van der Waals surface area contributed by atoms with Gasteiger partial charge in [0, 0.05) is 31.7 Å². The normalized spacial score (nSPS) is 20.9. The van der Waals surface area contributed by atoms with Crippen LogP contribution in [0, 0.1) is 0 Å². The number of hydrogen-bond acceptors (Lipinski definition) is 5. The van der Waals surface area contributed by atoms with Crippen molar-refractivity contribution in [1.29, 1.82) is 0 Å². The van der Waals surface area contributed by atoms with Crippen molar-refractivity contribution >= 4 is 0 Å². The van der Waals surface area contributed by atoms with Crippen molar-refractivity contribution in [2.45, 2.75) is 32.5 Å². The van der Waals surface area contributed by atoms with Crippen molar-refractivity contribution < 1.29 is 4.74 Å². The van der Waals surface area contributed by atoms with E-state index in [1.54, 1.807) is 0 Å². The minimum absolute atomic E-state index is 0.125. The highest BCUT2D eigenvalue weighted by atomic mass is 16.5. The monoisotopic (exact) mass is 266 g/mol. The Bertz CT molecular complexity index is 472. The molecule has 2 rings (SSSR count). The van der Waals surface area contributed by atoms with Gasteiger partial charge in [-0.1, -0.05) is 0 Å². The Hall–Kier alpha value is -1.24. The molecule has 6 nitrogen and oxygen atoms in total. The zero-order valence-corrected chi connectivity index (χ0v) is 11.8. The van der Waals surface area contributed by atoms with Crippen LogP contribution in [0.5, 0.6) is 0 Å². The van der Waals surface area contributed by atoms with E-state index in [1.165, 1.54) is 6.07 Å². The van der Waals surface area contributed by atoms with E-state index in [0.717, 1.165) is 18.8 Å². The second kappa shape index (κ2) is 6.27. The highest BCUT2D eigenvalue weighted by Gasteiger charge is 2.25.